The van der Waals surface area contributed by atoms with Crippen LogP contribution in [0.25, 0.3) is 5.69 Å². The SMILES string of the molecule is CN(CCc1ccccc1)C1CCN(C(=O)c2cc(CO)ccc2-n2cncn2)CC1.Cl. The molecule has 0 radical (unpaired) electrons. The summed E-state index contributed by atoms with van der Waals surface area (Å²) >= 11 is 0. The minimum absolute atomic E-state index is 0. The maximum absolute atomic E-state index is 13.3. The first kappa shape index (κ1) is 23.9. The third kappa shape index (κ3) is 5.54. The lowest BCUT2D eigenvalue weighted by Gasteiger charge is -2.37. The third-order valence-electron chi connectivity index (χ3n) is 6.11. The molecule has 1 fully saturated rings. The number of aliphatic hydroxyl groups is 1. The predicted molar refractivity (Wildman–Crippen MR) is 126 cm³/mol. The van der Waals surface area contributed by atoms with Crippen molar-refractivity contribution in [2.75, 3.05) is 26.7 Å². The first-order valence-electron chi connectivity index (χ1n) is 10.8. The van der Waals surface area contributed by atoms with Gasteiger partial charge in [-0.2, -0.15) is 5.10 Å². The highest BCUT2D eigenvalue weighted by molar-refractivity contribution is 5.98. The van der Waals surface area contributed by atoms with Crippen LogP contribution in [0.15, 0.2) is 61.2 Å². The normalized spacial score (nSPS) is 14.4. The van der Waals surface area contributed by atoms with Crippen molar-refractivity contribution >= 4 is 18.3 Å². The van der Waals surface area contributed by atoms with Gasteiger partial charge in [-0.25, -0.2) is 9.67 Å². The Balaban J connectivity index is 0.00000289. The second-order valence-electron chi connectivity index (χ2n) is 8.09. The van der Waals surface area contributed by atoms with E-state index in [-0.39, 0.29) is 24.9 Å². The van der Waals surface area contributed by atoms with E-state index in [4.69, 9.17) is 0 Å². The van der Waals surface area contributed by atoms with Gasteiger partial charge in [-0.05, 0) is 49.6 Å². The lowest BCUT2D eigenvalue weighted by molar-refractivity contribution is 0.0646. The van der Waals surface area contributed by atoms with Gasteiger partial charge in [-0.1, -0.05) is 36.4 Å². The number of likely N-dealkylation sites (tertiary alicyclic amines) is 1. The van der Waals surface area contributed by atoms with Gasteiger partial charge in [-0.15, -0.1) is 12.4 Å². The Labute approximate surface area is 195 Å². The quantitative estimate of drug-likeness (QED) is 0.592. The van der Waals surface area contributed by atoms with Gasteiger partial charge in [-0.3, -0.25) is 4.79 Å². The Morgan fingerprint density at radius 1 is 1.12 bits per heavy atom. The van der Waals surface area contributed by atoms with Crippen LogP contribution in [0.3, 0.4) is 0 Å². The zero-order valence-electron chi connectivity index (χ0n) is 18.3. The van der Waals surface area contributed by atoms with E-state index in [1.807, 2.05) is 23.1 Å². The average molecular weight is 456 g/mol. The number of carbonyl (C=O) groups excluding carboxylic acids is 1. The second-order valence-corrected chi connectivity index (χ2v) is 8.09. The minimum atomic E-state index is -0.105. The number of aromatic nitrogens is 3. The molecule has 8 heteroatoms. The van der Waals surface area contributed by atoms with Gasteiger partial charge in [0.2, 0.25) is 0 Å². The van der Waals surface area contributed by atoms with Crippen molar-refractivity contribution in [2.45, 2.75) is 31.9 Å². The summed E-state index contributed by atoms with van der Waals surface area (Å²) < 4.78 is 1.60. The Morgan fingerprint density at radius 2 is 1.88 bits per heavy atom. The van der Waals surface area contributed by atoms with Crippen LogP contribution in [0.4, 0.5) is 0 Å². The highest BCUT2D eigenvalue weighted by Gasteiger charge is 2.27. The van der Waals surface area contributed by atoms with Gasteiger partial charge >= 0.3 is 0 Å². The van der Waals surface area contributed by atoms with E-state index in [0.29, 0.717) is 22.9 Å². The standard InChI is InChI=1S/C24H29N5O2.ClH/c1-27(12-9-19-5-3-2-4-6-19)21-10-13-28(14-11-21)24(31)22-15-20(16-30)7-8-23(22)29-18-25-17-26-29;/h2-8,15,17-18,21,30H,9-14,16H2,1H3;1H. The topological polar surface area (TPSA) is 74.5 Å². The number of hydrogen-bond acceptors (Lipinski definition) is 5. The molecule has 170 valence electrons. The summed E-state index contributed by atoms with van der Waals surface area (Å²) in [6.07, 6.45) is 5.97. The van der Waals surface area contributed by atoms with Gasteiger partial charge in [0, 0.05) is 25.7 Å². The number of nitrogens with zero attached hydrogens (tertiary/aromatic N) is 5. The van der Waals surface area contributed by atoms with Crippen LogP contribution in [-0.4, -0.2) is 68.3 Å². The Kier molecular flexibility index (Phi) is 8.39. The fourth-order valence-corrected chi connectivity index (χ4v) is 4.20. The summed E-state index contributed by atoms with van der Waals surface area (Å²) in [6.45, 7) is 2.35. The van der Waals surface area contributed by atoms with Crippen molar-refractivity contribution in [2.24, 2.45) is 0 Å². The van der Waals surface area contributed by atoms with Crippen LogP contribution in [0.5, 0.6) is 0 Å². The number of hydrogen-bond donors (Lipinski definition) is 1. The van der Waals surface area contributed by atoms with E-state index in [9.17, 15) is 9.90 Å². The van der Waals surface area contributed by atoms with Crippen LogP contribution < -0.4 is 0 Å². The number of aliphatic hydroxyl groups excluding tert-OH is 1. The molecule has 0 aliphatic carbocycles. The third-order valence-corrected chi connectivity index (χ3v) is 6.11. The molecule has 1 aromatic heterocycles. The van der Waals surface area contributed by atoms with Crippen LogP contribution in [0.2, 0.25) is 0 Å². The fraction of sp³-hybridized carbons (Fsp3) is 0.375. The largest absolute Gasteiger partial charge is 0.392 e. The second kappa shape index (κ2) is 11.2. The van der Waals surface area contributed by atoms with Gasteiger partial charge in [0.25, 0.3) is 5.91 Å². The number of likely N-dealkylation sites (N-methyl/N-ethyl adjacent to an activating group) is 1. The Bertz CT molecular complexity index is 989. The molecule has 2 heterocycles. The first-order chi connectivity index (χ1) is 15.2. The predicted octanol–water partition coefficient (Wildman–Crippen LogP) is 2.96. The van der Waals surface area contributed by atoms with E-state index in [1.54, 1.807) is 17.1 Å². The van der Waals surface area contributed by atoms with E-state index in [1.165, 1.54) is 11.9 Å². The zero-order valence-corrected chi connectivity index (χ0v) is 19.1. The minimum Gasteiger partial charge on any atom is -0.392 e. The van der Waals surface area contributed by atoms with Gasteiger partial charge in [0.05, 0.1) is 17.9 Å². The first-order valence-corrected chi connectivity index (χ1v) is 10.8. The van der Waals surface area contributed by atoms with Crippen molar-refractivity contribution < 1.29 is 9.90 Å². The summed E-state index contributed by atoms with van der Waals surface area (Å²) in [4.78, 5) is 21.7. The monoisotopic (exact) mass is 455 g/mol. The van der Waals surface area contributed by atoms with Crippen LogP contribution >= 0.6 is 12.4 Å². The molecule has 1 N–H and O–H groups in total. The molecule has 0 bridgehead atoms. The van der Waals surface area contributed by atoms with Gasteiger partial charge < -0.3 is 14.9 Å². The molecule has 1 amide bonds. The molecule has 0 spiro atoms. The van der Waals surface area contributed by atoms with Crippen molar-refractivity contribution in [1.82, 2.24) is 24.6 Å². The summed E-state index contributed by atoms with van der Waals surface area (Å²) in [5.41, 5.74) is 3.30. The van der Waals surface area contributed by atoms with E-state index in [0.717, 1.165) is 38.9 Å². The Hall–Kier alpha value is -2.74. The molecular weight excluding hydrogens is 426 g/mol. The zero-order chi connectivity index (χ0) is 21.6. The maximum atomic E-state index is 13.3. The lowest BCUT2D eigenvalue weighted by atomic mass is 10.0. The summed E-state index contributed by atoms with van der Waals surface area (Å²) in [7, 11) is 2.18. The molecule has 1 aliphatic heterocycles. The molecule has 0 unspecified atom stereocenters. The van der Waals surface area contributed by atoms with E-state index in [2.05, 4.69) is 46.3 Å². The van der Waals surface area contributed by atoms with Gasteiger partial charge in [0.1, 0.15) is 12.7 Å². The molecule has 32 heavy (non-hydrogen) atoms. The molecule has 7 nitrogen and oxygen atoms in total. The number of amides is 1. The molecule has 2 aromatic carbocycles. The molecule has 3 aromatic rings. The van der Waals surface area contributed by atoms with E-state index >= 15 is 0 Å². The molecule has 0 saturated carbocycles. The lowest BCUT2D eigenvalue weighted by Crippen LogP contribution is -2.46. The summed E-state index contributed by atoms with van der Waals surface area (Å²) in [5.74, 6) is -0.0220. The maximum Gasteiger partial charge on any atom is 0.256 e. The highest BCUT2D eigenvalue weighted by Crippen LogP contribution is 2.22. The van der Waals surface area contributed by atoms with Crippen molar-refractivity contribution in [3.63, 3.8) is 0 Å². The van der Waals surface area contributed by atoms with Crippen molar-refractivity contribution in [3.8, 4) is 5.69 Å². The van der Waals surface area contributed by atoms with Crippen molar-refractivity contribution in [1.29, 1.82) is 0 Å². The van der Waals surface area contributed by atoms with Gasteiger partial charge in [0.15, 0.2) is 0 Å². The number of rotatable bonds is 7. The smallest absolute Gasteiger partial charge is 0.256 e. The molecule has 0 atom stereocenters. The Morgan fingerprint density at radius 3 is 2.53 bits per heavy atom. The average Bonchev–Trinajstić information content (AvgIpc) is 3.37. The number of benzene rings is 2. The van der Waals surface area contributed by atoms with Crippen LogP contribution in [0, 0.1) is 0 Å². The summed E-state index contributed by atoms with van der Waals surface area (Å²) in [5, 5.41) is 13.7. The van der Waals surface area contributed by atoms with Crippen molar-refractivity contribution in [3.05, 3.63) is 77.9 Å². The van der Waals surface area contributed by atoms with E-state index < -0.39 is 0 Å². The number of halogens is 1. The van der Waals surface area contributed by atoms with Crippen LogP contribution in [-0.2, 0) is 13.0 Å². The molecule has 4 rings (SSSR count). The van der Waals surface area contributed by atoms with Crippen LogP contribution in [0.1, 0.15) is 34.3 Å². The summed E-state index contributed by atoms with van der Waals surface area (Å²) in [6, 6.07) is 16.4. The molecule has 1 saturated heterocycles. The highest BCUT2D eigenvalue weighted by atomic mass is 35.5. The fourth-order valence-electron chi connectivity index (χ4n) is 4.20. The molecule has 1 aliphatic rings. The number of piperidine rings is 1. The molecular formula is C24H30ClN5O2. The number of carbonyl (C=O) groups is 1.